The summed E-state index contributed by atoms with van der Waals surface area (Å²) >= 11 is 1.71. The second kappa shape index (κ2) is 8.11. The summed E-state index contributed by atoms with van der Waals surface area (Å²) in [7, 11) is 0. The van der Waals surface area contributed by atoms with Gasteiger partial charge in [-0.05, 0) is 36.8 Å². The number of unbranched alkanes of at least 4 members (excludes halogenated alkanes) is 1. The molecule has 0 aliphatic rings. The van der Waals surface area contributed by atoms with Gasteiger partial charge >= 0.3 is 0 Å². The third-order valence-corrected chi connectivity index (χ3v) is 4.89. The number of hydrogen-bond donors (Lipinski definition) is 2. The third kappa shape index (κ3) is 4.42. The Bertz CT molecular complexity index is 578. The van der Waals surface area contributed by atoms with Gasteiger partial charge in [0.05, 0.1) is 4.88 Å². The maximum Gasteiger partial charge on any atom is 0.275 e. The number of benzene rings is 1. The van der Waals surface area contributed by atoms with Crippen LogP contribution < -0.4 is 11.1 Å². The van der Waals surface area contributed by atoms with E-state index in [2.05, 4.69) is 48.0 Å². The summed E-state index contributed by atoms with van der Waals surface area (Å²) in [6, 6.07) is 12.8. The Labute approximate surface area is 136 Å². The largest absolute Gasteiger partial charge is 0.365 e. The predicted octanol–water partition coefficient (Wildman–Crippen LogP) is 2.62. The van der Waals surface area contributed by atoms with Crippen LogP contribution in [0, 0.1) is 0 Å². The zero-order chi connectivity index (χ0) is 15.9. The van der Waals surface area contributed by atoms with Crippen LogP contribution in [0.4, 0.5) is 0 Å². The molecule has 0 saturated carbocycles. The maximum absolute atomic E-state index is 11.4. The van der Waals surface area contributed by atoms with Gasteiger partial charge in [0.25, 0.3) is 5.91 Å². The lowest BCUT2D eigenvalue weighted by Crippen LogP contribution is -2.92. The lowest BCUT2D eigenvalue weighted by atomic mass is 10.0. The molecule has 2 aromatic rings. The fourth-order valence-corrected chi connectivity index (χ4v) is 3.33. The molecule has 2 atom stereocenters. The summed E-state index contributed by atoms with van der Waals surface area (Å²) in [5, 5.41) is 4.12. The smallest absolute Gasteiger partial charge is 0.275 e. The van der Waals surface area contributed by atoms with Gasteiger partial charge in [-0.25, -0.2) is 0 Å². The minimum absolute atomic E-state index is 0.128. The van der Waals surface area contributed by atoms with Gasteiger partial charge < -0.3 is 11.1 Å². The van der Waals surface area contributed by atoms with Crippen molar-refractivity contribution in [2.75, 3.05) is 0 Å². The van der Waals surface area contributed by atoms with Crippen molar-refractivity contribution in [2.24, 2.45) is 5.73 Å². The van der Waals surface area contributed by atoms with E-state index >= 15 is 0 Å². The minimum atomic E-state index is -0.277. The van der Waals surface area contributed by atoms with Crippen LogP contribution >= 0.6 is 11.3 Å². The normalized spacial score (nSPS) is 13.7. The van der Waals surface area contributed by atoms with Gasteiger partial charge in [-0.2, -0.15) is 0 Å². The van der Waals surface area contributed by atoms with Gasteiger partial charge in [-0.3, -0.25) is 4.79 Å². The van der Waals surface area contributed by atoms with Crippen molar-refractivity contribution in [3.63, 3.8) is 0 Å². The SMILES string of the molecule is CCCCc1ccc([C@H]([NH2+][C@H](C)C(N)=O)c2cccs2)cc1. The Morgan fingerprint density at radius 3 is 2.55 bits per heavy atom. The van der Waals surface area contributed by atoms with E-state index in [4.69, 9.17) is 5.73 Å². The molecule has 0 aliphatic carbocycles. The van der Waals surface area contributed by atoms with Gasteiger partial charge in [0.2, 0.25) is 0 Å². The summed E-state index contributed by atoms with van der Waals surface area (Å²) in [6.45, 7) is 4.07. The van der Waals surface area contributed by atoms with Crippen molar-refractivity contribution < 1.29 is 10.1 Å². The van der Waals surface area contributed by atoms with Gasteiger partial charge in [-0.1, -0.05) is 43.7 Å². The average molecular weight is 317 g/mol. The molecule has 0 fully saturated rings. The minimum Gasteiger partial charge on any atom is -0.365 e. The molecule has 118 valence electrons. The summed E-state index contributed by atoms with van der Waals surface area (Å²) in [5.41, 5.74) is 8.02. The van der Waals surface area contributed by atoms with Crippen LogP contribution in [0.5, 0.6) is 0 Å². The molecule has 0 radical (unpaired) electrons. The Morgan fingerprint density at radius 1 is 1.27 bits per heavy atom. The number of thiophene rings is 1. The van der Waals surface area contributed by atoms with Crippen molar-refractivity contribution in [3.05, 3.63) is 57.8 Å². The molecule has 0 spiro atoms. The second-order valence-electron chi connectivity index (χ2n) is 5.72. The predicted molar refractivity (Wildman–Crippen MR) is 91.8 cm³/mol. The Hall–Kier alpha value is -1.65. The van der Waals surface area contributed by atoms with Gasteiger partial charge in [0, 0.05) is 5.56 Å². The molecule has 1 heterocycles. The zero-order valence-corrected chi connectivity index (χ0v) is 14.1. The van der Waals surface area contributed by atoms with Crippen molar-refractivity contribution in [3.8, 4) is 0 Å². The quantitative estimate of drug-likeness (QED) is 0.772. The van der Waals surface area contributed by atoms with E-state index in [1.165, 1.54) is 28.8 Å². The number of carbonyl (C=O) groups excluding carboxylic acids is 1. The monoisotopic (exact) mass is 317 g/mol. The van der Waals surface area contributed by atoms with Crippen LogP contribution in [0.2, 0.25) is 0 Å². The van der Waals surface area contributed by atoms with Gasteiger partial charge in [0.15, 0.2) is 6.04 Å². The Morgan fingerprint density at radius 2 is 2.00 bits per heavy atom. The molecule has 3 nitrogen and oxygen atoms in total. The number of amides is 1. The molecule has 0 unspecified atom stereocenters. The molecular formula is C18H25N2OS+. The number of nitrogens with two attached hydrogens (primary N) is 2. The van der Waals surface area contributed by atoms with Crippen LogP contribution in [0.3, 0.4) is 0 Å². The van der Waals surface area contributed by atoms with Gasteiger partial charge in [0.1, 0.15) is 6.04 Å². The fourth-order valence-electron chi connectivity index (χ4n) is 2.49. The molecule has 2 rings (SSSR count). The topological polar surface area (TPSA) is 59.7 Å². The molecule has 4 heteroatoms. The molecule has 22 heavy (non-hydrogen) atoms. The van der Waals surface area contributed by atoms with Crippen molar-refractivity contribution >= 4 is 17.2 Å². The van der Waals surface area contributed by atoms with Crippen LogP contribution in [-0.2, 0) is 11.2 Å². The van der Waals surface area contributed by atoms with Gasteiger partial charge in [-0.15, -0.1) is 11.3 Å². The highest BCUT2D eigenvalue weighted by atomic mass is 32.1. The van der Waals surface area contributed by atoms with E-state index in [1.54, 1.807) is 11.3 Å². The second-order valence-corrected chi connectivity index (χ2v) is 6.70. The van der Waals surface area contributed by atoms with Crippen molar-refractivity contribution in [1.29, 1.82) is 0 Å². The van der Waals surface area contributed by atoms with Crippen LogP contribution in [0.1, 0.15) is 48.7 Å². The highest BCUT2D eigenvalue weighted by molar-refractivity contribution is 7.10. The van der Waals surface area contributed by atoms with Crippen molar-refractivity contribution in [2.45, 2.75) is 45.2 Å². The number of rotatable bonds is 8. The lowest BCUT2D eigenvalue weighted by molar-refractivity contribution is -0.704. The van der Waals surface area contributed by atoms with Crippen LogP contribution in [0.15, 0.2) is 41.8 Å². The van der Waals surface area contributed by atoms with E-state index in [1.807, 2.05) is 13.0 Å². The molecule has 1 aromatic heterocycles. The highest BCUT2D eigenvalue weighted by Crippen LogP contribution is 2.23. The standard InChI is InChI=1S/C18H24N2OS/c1-3-4-6-14-8-10-15(11-9-14)17(16-7-5-12-22-16)20-13(2)18(19)21/h5,7-13,17,20H,3-4,6H2,1-2H3,(H2,19,21)/p+1/t13-,17+/m1/s1. The Balaban J connectivity index is 2.19. The number of carbonyl (C=O) groups is 1. The summed E-state index contributed by atoms with van der Waals surface area (Å²) in [5.74, 6) is -0.277. The molecule has 0 aliphatic heterocycles. The number of aryl methyl sites for hydroxylation is 1. The molecular weight excluding hydrogens is 292 g/mol. The Kier molecular flexibility index (Phi) is 6.16. The highest BCUT2D eigenvalue weighted by Gasteiger charge is 2.24. The number of primary amides is 1. The molecule has 4 N–H and O–H groups in total. The van der Waals surface area contributed by atoms with Crippen LogP contribution in [0.25, 0.3) is 0 Å². The average Bonchev–Trinajstić information content (AvgIpc) is 3.05. The van der Waals surface area contributed by atoms with Crippen molar-refractivity contribution in [1.82, 2.24) is 0 Å². The molecule has 0 saturated heterocycles. The maximum atomic E-state index is 11.4. The van der Waals surface area contributed by atoms with E-state index in [-0.39, 0.29) is 18.0 Å². The number of quaternary nitrogens is 1. The number of hydrogen-bond acceptors (Lipinski definition) is 2. The molecule has 0 bridgehead atoms. The van der Waals surface area contributed by atoms with Crippen LogP contribution in [-0.4, -0.2) is 11.9 Å². The van der Waals surface area contributed by atoms with E-state index in [0.29, 0.717) is 0 Å². The summed E-state index contributed by atoms with van der Waals surface area (Å²) < 4.78 is 0. The first kappa shape index (κ1) is 16.7. The summed E-state index contributed by atoms with van der Waals surface area (Å²) in [6.07, 6.45) is 3.56. The first-order chi connectivity index (χ1) is 10.6. The van der Waals surface area contributed by atoms with E-state index in [9.17, 15) is 4.79 Å². The molecule has 1 amide bonds. The first-order valence-corrected chi connectivity index (χ1v) is 8.76. The zero-order valence-electron chi connectivity index (χ0n) is 13.3. The lowest BCUT2D eigenvalue weighted by Gasteiger charge is -2.18. The summed E-state index contributed by atoms with van der Waals surface area (Å²) in [4.78, 5) is 12.6. The first-order valence-electron chi connectivity index (χ1n) is 7.88. The third-order valence-electron chi connectivity index (χ3n) is 3.94. The van der Waals surface area contributed by atoms with E-state index < -0.39 is 0 Å². The van der Waals surface area contributed by atoms with E-state index in [0.717, 1.165) is 6.42 Å². The molecule has 1 aromatic carbocycles. The fraction of sp³-hybridized carbons (Fsp3) is 0.389.